The molecule has 4 nitrogen and oxygen atoms in total. The minimum atomic E-state index is 0.354. The molecule has 4 unspecified atom stereocenters. The Balaban J connectivity index is 1.32. The third kappa shape index (κ3) is 3.44. The SMILES string of the molecule is C1CC(CNC2CCO2)CC(CNC2CCO2)C1. The van der Waals surface area contributed by atoms with Crippen molar-refractivity contribution in [3.8, 4) is 0 Å². The van der Waals surface area contributed by atoms with Crippen LogP contribution in [0.25, 0.3) is 0 Å². The molecule has 0 aromatic rings. The summed E-state index contributed by atoms with van der Waals surface area (Å²) in [6, 6.07) is 0. The Kier molecular flexibility index (Phi) is 4.52. The van der Waals surface area contributed by atoms with Gasteiger partial charge >= 0.3 is 0 Å². The van der Waals surface area contributed by atoms with E-state index in [4.69, 9.17) is 9.47 Å². The molecule has 2 heterocycles. The first-order valence-electron chi connectivity index (χ1n) is 7.60. The van der Waals surface area contributed by atoms with E-state index in [1.165, 1.54) is 38.5 Å². The second kappa shape index (κ2) is 6.33. The van der Waals surface area contributed by atoms with Crippen molar-refractivity contribution in [1.29, 1.82) is 0 Å². The van der Waals surface area contributed by atoms with Crippen LogP contribution in [0.4, 0.5) is 0 Å². The van der Waals surface area contributed by atoms with Crippen molar-refractivity contribution >= 4 is 0 Å². The summed E-state index contributed by atoms with van der Waals surface area (Å²) in [5.41, 5.74) is 0. The average molecular weight is 254 g/mol. The quantitative estimate of drug-likeness (QED) is 0.753. The lowest BCUT2D eigenvalue weighted by Crippen LogP contribution is -2.45. The zero-order valence-corrected chi connectivity index (χ0v) is 11.2. The minimum Gasteiger partial charge on any atom is -0.363 e. The maximum absolute atomic E-state index is 5.41. The largest absolute Gasteiger partial charge is 0.363 e. The second-order valence-corrected chi connectivity index (χ2v) is 6.01. The summed E-state index contributed by atoms with van der Waals surface area (Å²) in [5, 5.41) is 7.06. The van der Waals surface area contributed by atoms with E-state index >= 15 is 0 Å². The van der Waals surface area contributed by atoms with Gasteiger partial charge in [0.2, 0.25) is 0 Å². The van der Waals surface area contributed by atoms with E-state index in [-0.39, 0.29) is 0 Å². The van der Waals surface area contributed by atoms with Crippen molar-refractivity contribution in [1.82, 2.24) is 10.6 Å². The predicted molar refractivity (Wildman–Crippen MR) is 70.2 cm³/mol. The fourth-order valence-corrected chi connectivity index (χ4v) is 3.16. The Labute approximate surface area is 110 Å². The van der Waals surface area contributed by atoms with Crippen molar-refractivity contribution in [2.75, 3.05) is 26.3 Å². The summed E-state index contributed by atoms with van der Waals surface area (Å²) in [4.78, 5) is 0. The lowest BCUT2D eigenvalue weighted by molar-refractivity contribution is -0.0754. The van der Waals surface area contributed by atoms with Crippen LogP contribution in [-0.4, -0.2) is 38.8 Å². The van der Waals surface area contributed by atoms with Crippen LogP contribution in [-0.2, 0) is 9.47 Å². The second-order valence-electron chi connectivity index (χ2n) is 6.01. The van der Waals surface area contributed by atoms with E-state index in [0.717, 1.165) is 38.1 Å². The first-order valence-corrected chi connectivity index (χ1v) is 7.60. The van der Waals surface area contributed by atoms with E-state index in [1.54, 1.807) is 0 Å². The third-order valence-electron chi connectivity index (χ3n) is 4.56. The van der Waals surface area contributed by atoms with Crippen LogP contribution in [0, 0.1) is 11.8 Å². The zero-order valence-electron chi connectivity index (χ0n) is 11.2. The maximum Gasteiger partial charge on any atom is 0.110 e. The summed E-state index contributed by atoms with van der Waals surface area (Å²) in [7, 11) is 0. The molecular weight excluding hydrogens is 228 g/mol. The highest BCUT2D eigenvalue weighted by atomic mass is 16.5. The van der Waals surface area contributed by atoms with Gasteiger partial charge in [-0.15, -0.1) is 0 Å². The summed E-state index contributed by atoms with van der Waals surface area (Å²) < 4.78 is 10.8. The molecule has 0 spiro atoms. The number of rotatable bonds is 6. The molecule has 2 N–H and O–H groups in total. The first-order chi connectivity index (χ1) is 8.90. The van der Waals surface area contributed by atoms with E-state index < -0.39 is 0 Å². The maximum atomic E-state index is 5.41. The highest BCUT2D eigenvalue weighted by Gasteiger charge is 2.25. The Morgan fingerprint density at radius 3 is 1.67 bits per heavy atom. The average Bonchev–Trinajstić information content (AvgIpc) is 2.25. The van der Waals surface area contributed by atoms with Crippen molar-refractivity contribution in [2.45, 2.75) is 51.0 Å². The van der Waals surface area contributed by atoms with E-state index in [0.29, 0.717) is 12.5 Å². The summed E-state index contributed by atoms with van der Waals surface area (Å²) in [6.07, 6.45) is 8.60. The van der Waals surface area contributed by atoms with Crippen LogP contribution in [0.2, 0.25) is 0 Å². The molecular formula is C14H26N2O2. The number of ether oxygens (including phenoxy) is 2. The standard InChI is InChI=1S/C14H26N2O2/c1-2-11(9-15-13-4-6-17-13)8-12(3-1)10-16-14-5-7-18-14/h11-16H,1-10H2. The highest BCUT2D eigenvalue weighted by Crippen LogP contribution is 2.29. The Hall–Kier alpha value is -0.160. The fourth-order valence-electron chi connectivity index (χ4n) is 3.16. The van der Waals surface area contributed by atoms with Gasteiger partial charge in [0.25, 0.3) is 0 Å². The van der Waals surface area contributed by atoms with Gasteiger partial charge in [-0.3, -0.25) is 10.6 Å². The normalized spacial score (nSPS) is 40.0. The molecule has 1 aliphatic carbocycles. The molecule has 4 heteroatoms. The van der Waals surface area contributed by atoms with Gasteiger partial charge in [-0.1, -0.05) is 6.42 Å². The predicted octanol–water partition coefficient (Wildman–Crippen LogP) is 1.46. The van der Waals surface area contributed by atoms with Crippen molar-refractivity contribution in [3.05, 3.63) is 0 Å². The Morgan fingerprint density at radius 1 is 0.778 bits per heavy atom. The van der Waals surface area contributed by atoms with Gasteiger partial charge in [0.15, 0.2) is 0 Å². The molecule has 3 rings (SSSR count). The lowest BCUT2D eigenvalue weighted by atomic mass is 9.81. The molecule has 4 atom stereocenters. The molecule has 0 amide bonds. The van der Waals surface area contributed by atoms with Gasteiger partial charge in [-0.2, -0.15) is 0 Å². The number of hydrogen-bond donors (Lipinski definition) is 2. The lowest BCUT2D eigenvalue weighted by Gasteiger charge is -2.35. The van der Waals surface area contributed by atoms with Gasteiger partial charge < -0.3 is 9.47 Å². The van der Waals surface area contributed by atoms with Crippen LogP contribution >= 0.6 is 0 Å². The molecule has 3 aliphatic rings. The van der Waals surface area contributed by atoms with Gasteiger partial charge in [0.1, 0.15) is 12.5 Å². The van der Waals surface area contributed by atoms with Crippen molar-refractivity contribution < 1.29 is 9.47 Å². The third-order valence-corrected chi connectivity index (χ3v) is 4.56. The molecule has 0 radical (unpaired) electrons. The van der Waals surface area contributed by atoms with Gasteiger partial charge in [-0.25, -0.2) is 0 Å². The van der Waals surface area contributed by atoms with Crippen molar-refractivity contribution in [3.63, 3.8) is 0 Å². The summed E-state index contributed by atoms with van der Waals surface area (Å²) >= 11 is 0. The minimum absolute atomic E-state index is 0.354. The molecule has 1 saturated carbocycles. The molecule has 18 heavy (non-hydrogen) atoms. The van der Waals surface area contributed by atoms with Crippen LogP contribution in [0.1, 0.15) is 38.5 Å². The van der Waals surface area contributed by atoms with Crippen molar-refractivity contribution in [2.24, 2.45) is 11.8 Å². The fraction of sp³-hybridized carbons (Fsp3) is 1.00. The summed E-state index contributed by atoms with van der Waals surface area (Å²) in [6.45, 7) is 4.16. The first kappa shape index (κ1) is 12.9. The van der Waals surface area contributed by atoms with E-state index in [9.17, 15) is 0 Å². The Bertz CT molecular complexity index is 230. The number of hydrogen-bond acceptors (Lipinski definition) is 4. The molecule has 0 aromatic carbocycles. The van der Waals surface area contributed by atoms with Gasteiger partial charge in [0.05, 0.1) is 13.2 Å². The van der Waals surface area contributed by atoms with E-state index in [2.05, 4.69) is 10.6 Å². The number of nitrogens with one attached hydrogen (secondary N) is 2. The van der Waals surface area contributed by atoms with Crippen LogP contribution in [0.5, 0.6) is 0 Å². The van der Waals surface area contributed by atoms with Gasteiger partial charge in [0, 0.05) is 25.9 Å². The highest BCUT2D eigenvalue weighted by molar-refractivity contribution is 4.78. The van der Waals surface area contributed by atoms with Crippen LogP contribution < -0.4 is 10.6 Å². The molecule has 2 aliphatic heterocycles. The smallest absolute Gasteiger partial charge is 0.110 e. The van der Waals surface area contributed by atoms with E-state index in [1.807, 2.05) is 0 Å². The van der Waals surface area contributed by atoms with Crippen LogP contribution in [0.3, 0.4) is 0 Å². The molecule has 3 fully saturated rings. The summed E-state index contributed by atoms with van der Waals surface area (Å²) in [5.74, 6) is 1.69. The zero-order chi connectivity index (χ0) is 12.2. The monoisotopic (exact) mass is 254 g/mol. The Morgan fingerprint density at radius 2 is 1.28 bits per heavy atom. The molecule has 0 bridgehead atoms. The van der Waals surface area contributed by atoms with Gasteiger partial charge in [-0.05, 0) is 31.1 Å². The molecule has 2 saturated heterocycles. The van der Waals surface area contributed by atoms with Crippen LogP contribution in [0.15, 0.2) is 0 Å². The molecule has 0 aromatic heterocycles. The molecule has 104 valence electrons. The topological polar surface area (TPSA) is 42.5 Å².